The topological polar surface area (TPSA) is 136 Å². The SMILES string of the molecule is CC(C)N1C2=CC(=NS(=O)(=O)C(F)(F)F)C(=C3C(=O)C(c4cc5c(cc4NS(C)(=O)=O)N(C(C)C)C(C)C5(C)C)=C3O)C=C2C(C)(C)C1C. The third-order valence-electron chi connectivity index (χ3n) is 10.5. The van der Waals surface area contributed by atoms with Gasteiger partial charge in [0.25, 0.3) is 0 Å². The van der Waals surface area contributed by atoms with Crippen molar-refractivity contribution in [2.75, 3.05) is 15.9 Å². The lowest BCUT2D eigenvalue weighted by Gasteiger charge is -2.34. The van der Waals surface area contributed by atoms with Crippen LogP contribution in [0.2, 0.25) is 0 Å². The van der Waals surface area contributed by atoms with Gasteiger partial charge >= 0.3 is 15.5 Å². The molecule has 2 aliphatic heterocycles. The predicted molar refractivity (Wildman–Crippen MR) is 185 cm³/mol. The van der Waals surface area contributed by atoms with E-state index in [2.05, 4.69) is 14.0 Å². The lowest BCUT2D eigenvalue weighted by molar-refractivity contribution is -0.111. The van der Waals surface area contributed by atoms with E-state index in [0.717, 1.165) is 17.5 Å². The van der Waals surface area contributed by atoms with Gasteiger partial charge in [-0.15, -0.1) is 0 Å². The lowest BCUT2D eigenvalue weighted by Crippen LogP contribution is -2.42. The molecule has 2 N–H and O–H groups in total. The maximum Gasteiger partial charge on any atom is 0.518 e. The first-order chi connectivity index (χ1) is 22.1. The summed E-state index contributed by atoms with van der Waals surface area (Å²) in [5.41, 5.74) is -5.58. The first-order valence-corrected chi connectivity index (χ1v) is 19.3. The van der Waals surface area contributed by atoms with E-state index < -0.39 is 59.2 Å². The summed E-state index contributed by atoms with van der Waals surface area (Å²) in [4.78, 5) is 18.2. The quantitative estimate of drug-likeness (QED) is 0.324. The van der Waals surface area contributed by atoms with Crippen molar-refractivity contribution in [1.82, 2.24) is 4.90 Å². The molecule has 0 amide bonds. The summed E-state index contributed by atoms with van der Waals surface area (Å²) < 4.78 is 96.2. The van der Waals surface area contributed by atoms with Crippen molar-refractivity contribution in [2.24, 2.45) is 9.81 Å². The van der Waals surface area contributed by atoms with Gasteiger partial charge in [-0.25, -0.2) is 8.42 Å². The molecule has 1 aromatic carbocycles. The first-order valence-electron chi connectivity index (χ1n) is 16.0. The van der Waals surface area contributed by atoms with Gasteiger partial charge in [0.05, 0.1) is 28.8 Å². The van der Waals surface area contributed by atoms with Crippen molar-refractivity contribution in [2.45, 2.75) is 104 Å². The van der Waals surface area contributed by atoms with E-state index in [4.69, 9.17) is 0 Å². The molecule has 2 aliphatic carbocycles. The second-order valence-electron chi connectivity index (χ2n) is 14.9. The van der Waals surface area contributed by atoms with Crippen LogP contribution in [0.15, 0.2) is 56.9 Å². The minimum absolute atomic E-state index is 0.0204. The number of alkyl halides is 3. The maximum absolute atomic E-state index is 14.1. The van der Waals surface area contributed by atoms with E-state index in [1.54, 1.807) is 12.1 Å². The Balaban J connectivity index is 1.81. The molecule has 15 heteroatoms. The predicted octanol–water partition coefficient (Wildman–Crippen LogP) is 6.35. The van der Waals surface area contributed by atoms with E-state index in [0.29, 0.717) is 11.3 Å². The molecule has 1 fully saturated rings. The van der Waals surface area contributed by atoms with Gasteiger partial charge in [-0.3, -0.25) is 9.52 Å². The number of halogens is 3. The summed E-state index contributed by atoms with van der Waals surface area (Å²) in [7, 11) is -9.93. The van der Waals surface area contributed by atoms with E-state index in [-0.39, 0.29) is 46.6 Å². The molecule has 5 rings (SSSR count). The number of hydrogen-bond donors (Lipinski definition) is 2. The molecule has 2 atom stereocenters. The molecular weight excluding hydrogens is 682 g/mol. The van der Waals surface area contributed by atoms with Crippen LogP contribution in [0.1, 0.15) is 80.4 Å². The van der Waals surface area contributed by atoms with E-state index in [1.165, 1.54) is 12.2 Å². The van der Waals surface area contributed by atoms with Crippen molar-refractivity contribution in [3.63, 3.8) is 0 Å². The summed E-state index contributed by atoms with van der Waals surface area (Å²) in [6.45, 7) is 19.7. The Bertz CT molecular complexity index is 2050. The number of carbonyl (C=O) groups is 1. The molecule has 1 aromatic rings. The number of ketones is 1. The van der Waals surface area contributed by atoms with Gasteiger partial charge in [0.15, 0.2) is 0 Å². The fourth-order valence-electron chi connectivity index (χ4n) is 7.49. The number of nitrogens with one attached hydrogen (secondary N) is 1. The number of sulfonamides is 2. The van der Waals surface area contributed by atoms with Crippen LogP contribution in [0.25, 0.3) is 5.57 Å². The smallest absolute Gasteiger partial charge is 0.506 e. The minimum atomic E-state index is -6.05. The fraction of sp³-hybridized carbons (Fsp3) is 0.529. The number of hydrogen-bond acceptors (Lipinski definition) is 8. The average molecular weight is 725 g/mol. The molecule has 0 radical (unpaired) electrons. The molecular formula is C34H43F3N4O6S2. The molecule has 0 saturated carbocycles. The number of benzene rings is 1. The Morgan fingerprint density at radius 1 is 0.898 bits per heavy atom. The van der Waals surface area contributed by atoms with Crippen LogP contribution in [0.5, 0.6) is 0 Å². The fourth-order valence-corrected chi connectivity index (χ4v) is 8.57. The highest BCUT2D eigenvalue weighted by Gasteiger charge is 2.51. The molecule has 49 heavy (non-hydrogen) atoms. The number of anilines is 2. The molecule has 2 heterocycles. The van der Waals surface area contributed by atoms with Crippen LogP contribution < -0.4 is 9.62 Å². The first kappa shape index (κ1) is 36.7. The summed E-state index contributed by atoms with van der Waals surface area (Å²) in [6, 6.07) is 3.02. The zero-order chi connectivity index (χ0) is 37.1. The number of likely N-dealkylation sites (tertiary alicyclic amines) is 1. The summed E-state index contributed by atoms with van der Waals surface area (Å²) in [5, 5.41) is 11.6. The van der Waals surface area contributed by atoms with Crippen molar-refractivity contribution in [1.29, 1.82) is 0 Å². The van der Waals surface area contributed by atoms with Crippen molar-refractivity contribution < 1.29 is 39.9 Å². The van der Waals surface area contributed by atoms with Crippen molar-refractivity contribution in [3.8, 4) is 0 Å². The van der Waals surface area contributed by atoms with Gasteiger partial charge in [-0.05, 0) is 77.0 Å². The third kappa shape index (κ3) is 5.60. The highest BCUT2D eigenvalue weighted by Crippen LogP contribution is 2.53. The second kappa shape index (κ2) is 11.2. The van der Waals surface area contributed by atoms with Crippen molar-refractivity contribution >= 4 is 48.5 Å². The number of aliphatic hydroxyl groups excluding tert-OH is 1. The number of Topliss-reactive ketones (excluding diaryl/α,β-unsaturated/α-hetero) is 1. The van der Waals surface area contributed by atoms with Crippen LogP contribution in [-0.4, -0.2) is 74.3 Å². The van der Waals surface area contributed by atoms with Gasteiger partial charge in [-0.2, -0.15) is 26.0 Å². The van der Waals surface area contributed by atoms with Crippen LogP contribution in [0.3, 0.4) is 0 Å². The minimum Gasteiger partial charge on any atom is -0.506 e. The molecule has 1 saturated heterocycles. The Morgan fingerprint density at radius 2 is 1.45 bits per heavy atom. The highest BCUT2D eigenvalue weighted by atomic mass is 32.2. The summed E-state index contributed by atoms with van der Waals surface area (Å²) >= 11 is 0. The lowest BCUT2D eigenvalue weighted by atomic mass is 9.74. The summed E-state index contributed by atoms with van der Waals surface area (Å²) in [5.74, 6) is -1.42. The van der Waals surface area contributed by atoms with Gasteiger partial charge in [0, 0.05) is 57.5 Å². The van der Waals surface area contributed by atoms with Gasteiger partial charge < -0.3 is 14.9 Å². The van der Waals surface area contributed by atoms with Crippen LogP contribution in [0, 0.1) is 5.41 Å². The third-order valence-corrected chi connectivity index (χ3v) is 12.1. The molecule has 10 nitrogen and oxygen atoms in total. The van der Waals surface area contributed by atoms with Crippen LogP contribution in [0.4, 0.5) is 24.5 Å². The van der Waals surface area contributed by atoms with E-state index >= 15 is 0 Å². The normalized spacial score (nSPS) is 26.0. The number of allylic oxidation sites excluding steroid dienone is 6. The number of fused-ring (bicyclic) bond motifs is 2. The average Bonchev–Trinajstić information content (AvgIpc) is 3.24. The van der Waals surface area contributed by atoms with Crippen LogP contribution in [-0.2, 0) is 30.3 Å². The number of carbonyl (C=O) groups excluding carboxylic acids is 1. The molecule has 0 spiro atoms. The van der Waals surface area contributed by atoms with Crippen molar-refractivity contribution in [3.05, 3.63) is 63.6 Å². The number of rotatable bonds is 6. The number of aliphatic hydroxyl groups is 1. The van der Waals surface area contributed by atoms with E-state index in [9.17, 15) is 39.9 Å². The molecule has 2 unspecified atom stereocenters. The molecule has 268 valence electrons. The van der Waals surface area contributed by atoms with E-state index in [1.807, 2.05) is 74.1 Å². The Kier molecular flexibility index (Phi) is 8.39. The molecule has 0 aromatic heterocycles. The van der Waals surface area contributed by atoms with Gasteiger partial charge in [0.1, 0.15) is 5.76 Å². The Morgan fingerprint density at radius 3 is 1.94 bits per heavy atom. The monoisotopic (exact) mass is 724 g/mol. The van der Waals surface area contributed by atoms with Crippen LogP contribution >= 0.6 is 0 Å². The zero-order valence-corrected chi connectivity index (χ0v) is 31.0. The largest absolute Gasteiger partial charge is 0.518 e. The Labute approximate surface area is 286 Å². The molecule has 4 aliphatic rings. The standard InChI is InChI=1S/C34H43F3N4O6S2/c1-16(2)40-18(5)32(7,8)22-12-20(24(14-26(22)40)38-48(11,44)45)28-30(42)29(31(28)43)21-13-23-27(41(17(3)4)19(6)33(23,9)10)15-25(21)39-49(46,47)34(35,36)37/h12-19,38,42H,1-11H3. The van der Waals surface area contributed by atoms with Gasteiger partial charge in [0.2, 0.25) is 15.8 Å². The Hall–Kier alpha value is -3.59. The maximum atomic E-state index is 14.1. The molecule has 0 bridgehead atoms. The summed E-state index contributed by atoms with van der Waals surface area (Å²) in [6.07, 6.45) is 3.61. The number of nitrogens with zero attached hydrogens (tertiary/aromatic N) is 3. The van der Waals surface area contributed by atoms with Gasteiger partial charge in [-0.1, -0.05) is 27.7 Å². The highest BCUT2D eigenvalue weighted by molar-refractivity contribution is 7.92. The zero-order valence-electron chi connectivity index (χ0n) is 29.4. The second-order valence-corrected chi connectivity index (χ2v) is 18.3.